The SMILES string of the molecule is COc1ccc(Br)c(N2C(=O)CCCC2=O)c1. The van der Waals surface area contributed by atoms with Crippen molar-refractivity contribution in [2.24, 2.45) is 0 Å². The van der Waals surface area contributed by atoms with Gasteiger partial charge in [0, 0.05) is 23.4 Å². The molecule has 0 saturated carbocycles. The van der Waals surface area contributed by atoms with Crippen molar-refractivity contribution >= 4 is 33.4 Å². The second kappa shape index (κ2) is 4.87. The van der Waals surface area contributed by atoms with Crippen LogP contribution in [0.4, 0.5) is 5.69 Å². The summed E-state index contributed by atoms with van der Waals surface area (Å²) in [6.07, 6.45) is 1.46. The van der Waals surface area contributed by atoms with Crippen LogP contribution >= 0.6 is 15.9 Å². The summed E-state index contributed by atoms with van der Waals surface area (Å²) in [4.78, 5) is 24.8. The lowest BCUT2D eigenvalue weighted by Crippen LogP contribution is -2.40. The molecule has 5 heteroatoms. The maximum absolute atomic E-state index is 11.8. The van der Waals surface area contributed by atoms with E-state index in [0.717, 1.165) is 0 Å². The van der Waals surface area contributed by atoms with Crippen LogP contribution < -0.4 is 9.64 Å². The molecule has 1 saturated heterocycles. The first-order chi connectivity index (χ1) is 8.13. The van der Waals surface area contributed by atoms with Crippen LogP contribution in [0.2, 0.25) is 0 Å². The van der Waals surface area contributed by atoms with E-state index in [-0.39, 0.29) is 11.8 Å². The molecule has 0 atom stereocenters. The molecule has 1 aliphatic heterocycles. The predicted molar refractivity (Wildman–Crippen MR) is 67.0 cm³/mol. The fourth-order valence-corrected chi connectivity index (χ4v) is 2.24. The highest BCUT2D eigenvalue weighted by atomic mass is 79.9. The van der Waals surface area contributed by atoms with Gasteiger partial charge in [-0.2, -0.15) is 0 Å². The van der Waals surface area contributed by atoms with Gasteiger partial charge in [0.05, 0.1) is 12.8 Å². The lowest BCUT2D eigenvalue weighted by molar-refractivity contribution is -0.129. The van der Waals surface area contributed by atoms with Crippen molar-refractivity contribution in [3.05, 3.63) is 22.7 Å². The van der Waals surface area contributed by atoms with Gasteiger partial charge in [0.25, 0.3) is 0 Å². The molecule has 0 spiro atoms. The molecule has 1 aliphatic rings. The number of piperidine rings is 1. The van der Waals surface area contributed by atoms with Crippen molar-refractivity contribution in [2.75, 3.05) is 12.0 Å². The summed E-state index contributed by atoms with van der Waals surface area (Å²) >= 11 is 3.35. The van der Waals surface area contributed by atoms with E-state index >= 15 is 0 Å². The molecule has 0 bridgehead atoms. The molecular formula is C12H12BrNO3. The van der Waals surface area contributed by atoms with Gasteiger partial charge in [-0.05, 0) is 34.5 Å². The number of rotatable bonds is 2. The Morgan fingerprint density at radius 2 is 1.88 bits per heavy atom. The smallest absolute Gasteiger partial charge is 0.233 e. The van der Waals surface area contributed by atoms with Gasteiger partial charge in [-0.15, -0.1) is 0 Å². The number of amides is 2. The molecule has 1 aromatic carbocycles. The lowest BCUT2D eigenvalue weighted by Gasteiger charge is -2.26. The van der Waals surface area contributed by atoms with Crippen LogP contribution in [0.3, 0.4) is 0 Å². The van der Waals surface area contributed by atoms with E-state index in [9.17, 15) is 9.59 Å². The van der Waals surface area contributed by atoms with Gasteiger partial charge in [0.1, 0.15) is 5.75 Å². The van der Waals surface area contributed by atoms with E-state index in [4.69, 9.17) is 4.74 Å². The van der Waals surface area contributed by atoms with Crippen molar-refractivity contribution in [3.8, 4) is 5.75 Å². The quantitative estimate of drug-likeness (QED) is 0.788. The number of imide groups is 1. The molecule has 0 aromatic heterocycles. The molecule has 0 aliphatic carbocycles. The number of methoxy groups -OCH3 is 1. The van der Waals surface area contributed by atoms with Crippen LogP contribution in [0.1, 0.15) is 19.3 Å². The van der Waals surface area contributed by atoms with Crippen LogP contribution in [0.15, 0.2) is 22.7 Å². The summed E-state index contributed by atoms with van der Waals surface area (Å²) in [5.74, 6) is 0.305. The van der Waals surface area contributed by atoms with E-state index in [1.807, 2.05) is 0 Å². The zero-order valence-corrected chi connectivity index (χ0v) is 11.0. The maximum atomic E-state index is 11.8. The van der Waals surface area contributed by atoms with Crippen LogP contribution in [0.25, 0.3) is 0 Å². The molecular weight excluding hydrogens is 286 g/mol. The Bertz CT molecular complexity index is 457. The number of ether oxygens (including phenoxy) is 1. The molecule has 0 unspecified atom stereocenters. The van der Waals surface area contributed by atoms with E-state index in [0.29, 0.717) is 35.2 Å². The standard InChI is InChI=1S/C12H12BrNO3/c1-17-8-5-6-9(13)10(7-8)14-11(15)3-2-4-12(14)16/h5-7H,2-4H2,1H3. The number of benzene rings is 1. The predicted octanol–water partition coefficient (Wildman–Crippen LogP) is 2.50. The van der Waals surface area contributed by atoms with E-state index in [1.54, 1.807) is 25.3 Å². The highest BCUT2D eigenvalue weighted by Crippen LogP contribution is 2.33. The molecule has 2 amide bonds. The molecule has 17 heavy (non-hydrogen) atoms. The largest absolute Gasteiger partial charge is 0.497 e. The monoisotopic (exact) mass is 297 g/mol. The first-order valence-electron chi connectivity index (χ1n) is 5.33. The zero-order chi connectivity index (χ0) is 12.4. The number of anilines is 1. The zero-order valence-electron chi connectivity index (χ0n) is 9.40. The number of hydrogen-bond donors (Lipinski definition) is 0. The molecule has 1 heterocycles. The van der Waals surface area contributed by atoms with E-state index in [2.05, 4.69) is 15.9 Å². The van der Waals surface area contributed by atoms with E-state index < -0.39 is 0 Å². The molecule has 90 valence electrons. The second-order valence-corrected chi connectivity index (χ2v) is 4.65. The van der Waals surface area contributed by atoms with Crippen molar-refractivity contribution in [1.29, 1.82) is 0 Å². The minimum atomic E-state index is -0.157. The molecule has 2 rings (SSSR count). The Hall–Kier alpha value is -1.36. The fraction of sp³-hybridized carbons (Fsp3) is 0.333. The Balaban J connectivity index is 2.43. The van der Waals surface area contributed by atoms with Crippen LogP contribution in [-0.2, 0) is 9.59 Å². The highest BCUT2D eigenvalue weighted by molar-refractivity contribution is 9.10. The summed E-state index contributed by atoms with van der Waals surface area (Å²) < 4.78 is 5.81. The Kier molecular flexibility index (Phi) is 3.47. The number of hydrogen-bond acceptors (Lipinski definition) is 3. The van der Waals surface area contributed by atoms with Crippen LogP contribution in [0, 0.1) is 0 Å². The van der Waals surface area contributed by atoms with Crippen molar-refractivity contribution in [2.45, 2.75) is 19.3 Å². The summed E-state index contributed by atoms with van der Waals surface area (Å²) in [5, 5.41) is 0. The third-order valence-electron chi connectivity index (χ3n) is 2.67. The molecule has 1 fully saturated rings. The van der Waals surface area contributed by atoms with Crippen molar-refractivity contribution in [3.63, 3.8) is 0 Å². The van der Waals surface area contributed by atoms with Gasteiger partial charge in [0.2, 0.25) is 11.8 Å². The van der Waals surface area contributed by atoms with Gasteiger partial charge in [-0.25, -0.2) is 4.90 Å². The van der Waals surface area contributed by atoms with Crippen molar-refractivity contribution in [1.82, 2.24) is 0 Å². The highest BCUT2D eigenvalue weighted by Gasteiger charge is 2.28. The number of carbonyl (C=O) groups excluding carboxylic acids is 2. The maximum Gasteiger partial charge on any atom is 0.233 e. The summed E-state index contributed by atoms with van der Waals surface area (Å²) in [7, 11) is 1.55. The van der Waals surface area contributed by atoms with Gasteiger partial charge in [0.15, 0.2) is 0 Å². The minimum Gasteiger partial charge on any atom is -0.497 e. The molecule has 1 aromatic rings. The van der Waals surface area contributed by atoms with Gasteiger partial charge in [-0.1, -0.05) is 0 Å². The normalized spacial score (nSPS) is 16.2. The molecule has 0 N–H and O–H groups in total. The van der Waals surface area contributed by atoms with Crippen LogP contribution in [0.5, 0.6) is 5.75 Å². The number of carbonyl (C=O) groups is 2. The average Bonchev–Trinajstić information content (AvgIpc) is 2.31. The summed E-state index contributed by atoms with van der Waals surface area (Å²) in [6.45, 7) is 0. The number of nitrogens with zero attached hydrogens (tertiary/aromatic N) is 1. The van der Waals surface area contributed by atoms with Gasteiger partial charge < -0.3 is 4.74 Å². The Morgan fingerprint density at radius 1 is 1.24 bits per heavy atom. The Morgan fingerprint density at radius 3 is 2.47 bits per heavy atom. The summed E-state index contributed by atoms with van der Waals surface area (Å²) in [5.41, 5.74) is 0.555. The third kappa shape index (κ3) is 2.34. The molecule has 4 nitrogen and oxygen atoms in total. The second-order valence-electron chi connectivity index (χ2n) is 3.79. The molecule has 0 radical (unpaired) electrons. The van der Waals surface area contributed by atoms with Crippen LogP contribution in [-0.4, -0.2) is 18.9 Å². The lowest BCUT2D eigenvalue weighted by atomic mass is 10.1. The third-order valence-corrected chi connectivity index (χ3v) is 3.34. The fourth-order valence-electron chi connectivity index (χ4n) is 1.81. The topological polar surface area (TPSA) is 46.6 Å². The minimum absolute atomic E-state index is 0.157. The Labute approximate surface area is 108 Å². The number of halogens is 1. The first-order valence-corrected chi connectivity index (χ1v) is 6.12. The average molecular weight is 298 g/mol. The van der Waals surface area contributed by atoms with Crippen molar-refractivity contribution < 1.29 is 14.3 Å². The van der Waals surface area contributed by atoms with E-state index in [1.165, 1.54) is 4.90 Å². The summed E-state index contributed by atoms with van der Waals surface area (Å²) in [6, 6.07) is 5.22. The first kappa shape index (κ1) is 12.1. The van der Waals surface area contributed by atoms with Gasteiger partial charge >= 0.3 is 0 Å². The van der Waals surface area contributed by atoms with Gasteiger partial charge in [-0.3, -0.25) is 9.59 Å².